The Hall–Kier alpha value is -0.940. The SMILES string of the molecule is COC1CC(Nc2ccc(Cl)cc2C(F)(F)F)C1. The highest BCUT2D eigenvalue weighted by Crippen LogP contribution is 2.38. The number of benzene rings is 1. The number of hydrogen-bond donors (Lipinski definition) is 1. The Bertz CT molecular complexity index is 430. The highest BCUT2D eigenvalue weighted by Gasteiger charge is 2.36. The molecule has 0 atom stereocenters. The minimum atomic E-state index is -4.41. The molecule has 0 aromatic heterocycles. The number of halogens is 4. The van der Waals surface area contributed by atoms with E-state index in [1.54, 1.807) is 7.11 Å². The molecule has 1 aromatic rings. The van der Waals surface area contributed by atoms with Crippen LogP contribution in [0.4, 0.5) is 18.9 Å². The molecular weight excluding hydrogens is 267 g/mol. The number of nitrogens with one attached hydrogen (secondary N) is 1. The predicted octanol–water partition coefficient (Wildman–Crippen LogP) is 3.95. The van der Waals surface area contributed by atoms with Gasteiger partial charge in [0, 0.05) is 23.9 Å². The summed E-state index contributed by atoms with van der Waals surface area (Å²) in [5.74, 6) is 0. The van der Waals surface area contributed by atoms with Crippen LogP contribution in [0.25, 0.3) is 0 Å². The highest BCUT2D eigenvalue weighted by atomic mass is 35.5. The van der Waals surface area contributed by atoms with Gasteiger partial charge >= 0.3 is 6.18 Å². The standard InChI is InChI=1S/C12H13ClF3NO/c1-18-9-5-8(6-9)17-11-3-2-7(13)4-10(11)12(14,15)16/h2-4,8-9,17H,5-6H2,1H3. The van der Waals surface area contributed by atoms with Gasteiger partial charge in [-0.15, -0.1) is 0 Å². The van der Waals surface area contributed by atoms with Crippen molar-refractivity contribution < 1.29 is 17.9 Å². The van der Waals surface area contributed by atoms with E-state index in [0.29, 0.717) is 0 Å². The molecule has 1 saturated carbocycles. The van der Waals surface area contributed by atoms with Crippen molar-refractivity contribution in [1.29, 1.82) is 0 Å². The topological polar surface area (TPSA) is 21.3 Å². The molecule has 18 heavy (non-hydrogen) atoms. The minimum absolute atomic E-state index is 0.0252. The van der Waals surface area contributed by atoms with E-state index >= 15 is 0 Å². The molecule has 0 heterocycles. The largest absolute Gasteiger partial charge is 0.418 e. The Balaban J connectivity index is 2.13. The van der Waals surface area contributed by atoms with Gasteiger partial charge in [-0.1, -0.05) is 11.6 Å². The molecule has 0 unspecified atom stereocenters. The van der Waals surface area contributed by atoms with E-state index in [4.69, 9.17) is 16.3 Å². The van der Waals surface area contributed by atoms with Crippen molar-refractivity contribution in [2.24, 2.45) is 0 Å². The van der Waals surface area contributed by atoms with Gasteiger partial charge in [-0.05, 0) is 31.0 Å². The summed E-state index contributed by atoms with van der Waals surface area (Å²) in [6.07, 6.45) is -2.83. The lowest BCUT2D eigenvalue weighted by atomic mass is 9.89. The molecule has 2 rings (SSSR count). The molecule has 100 valence electrons. The summed E-state index contributed by atoms with van der Waals surface area (Å²) in [6.45, 7) is 0. The molecule has 0 bridgehead atoms. The molecule has 0 radical (unpaired) electrons. The molecule has 0 aliphatic heterocycles. The van der Waals surface area contributed by atoms with Gasteiger partial charge in [0.15, 0.2) is 0 Å². The van der Waals surface area contributed by atoms with Crippen LogP contribution in [-0.4, -0.2) is 19.3 Å². The third-order valence-electron chi connectivity index (χ3n) is 3.07. The fourth-order valence-corrected chi connectivity index (χ4v) is 2.14. The Labute approximate surface area is 108 Å². The lowest BCUT2D eigenvalue weighted by Gasteiger charge is -2.35. The van der Waals surface area contributed by atoms with E-state index in [2.05, 4.69) is 5.32 Å². The van der Waals surface area contributed by atoms with Crippen LogP contribution in [0.2, 0.25) is 5.02 Å². The Morgan fingerprint density at radius 3 is 2.56 bits per heavy atom. The molecule has 6 heteroatoms. The van der Waals surface area contributed by atoms with Gasteiger partial charge in [0.05, 0.1) is 11.7 Å². The summed E-state index contributed by atoms with van der Waals surface area (Å²) in [6, 6.07) is 3.78. The van der Waals surface area contributed by atoms with Crippen LogP contribution in [0.15, 0.2) is 18.2 Å². The number of hydrogen-bond acceptors (Lipinski definition) is 2. The summed E-state index contributed by atoms with van der Waals surface area (Å²) in [7, 11) is 1.60. The van der Waals surface area contributed by atoms with Crippen LogP contribution in [0.5, 0.6) is 0 Å². The minimum Gasteiger partial charge on any atom is -0.382 e. The summed E-state index contributed by atoms with van der Waals surface area (Å²) >= 11 is 5.61. The first-order valence-electron chi connectivity index (χ1n) is 5.56. The van der Waals surface area contributed by atoms with Crippen LogP contribution in [0, 0.1) is 0 Å². The maximum Gasteiger partial charge on any atom is 0.418 e. The van der Waals surface area contributed by atoms with Gasteiger partial charge in [-0.3, -0.25) is 0 Å². The van der Waals surface area contributed by atoms with Crippen molar-refractivity contribution in [2.75, 3.05) is 12.4 Å². The lowest BCUT2D eigenvalue weighted by molar-refractivity contribution is -0.137. The summed E-state index contributed by atoms with van der Waals surface area (Å²) in [5.41, 5.74) is -0.651. The fourth-order valence-electron chi connectivity index (χ4n) is 1.97. The zero-order valence-electron chi connectivity index (χ0n) is 9.72. The van der Waals surface area contributed by atoms with Gasteiger partial charge in [-0.2, -0.15) is 13.2 Å². The third-order valence-corrected chi connectivity index (χ3v) is 3.31. The first-order chi connectivity index (χ1) is 8.40. The second-order valence-corrected chi connectivity index (χ2v) is 4.79. The number of ether oxygens (including phenoxy) is 1. The average Bonchev–Trinajstić information content (AvgIpc) is 2.23. The maximum absolute atomic E-state index is 12.8. The quantitative estimate of drug-likeness (QED) is 0.905. The van der Waals surface area contributed by atoms with E-state index in [1.807, 2.05) is 0 Å². The lowest BCUT2D eigenvalue weighted by Crippen LogP contribution is -2.40. The van der Waals surface area contributed by atoms with Crippen LogP contribution >= 0.6 is 11.6 Å². The van der Waals surface area contributed by atoms with Crippen molar-refractivity contribution >= 4 is 17.3 Å². The first-order valence-corrected chi connectivity index (χ1v) is 5.94. The monoisotopic (exact) mass is 279 g/mol. The Morgan fingerprint density at radius 2 is 2.00 bits per heavy atom. The number of anilines is 1. The van der Waals surface area contributed by atoms with Crippen LogP contribution in [0.1, 0.15) is 18.4 Å². The van der Waals surface area contributed by atoms with Gasteiger partial charge < -0.3 is 10.1 Å². The molecule has 1 aliphatic carbocycles. The zero-order valence-corrected chi connectivity index (χ0v) is 10.5. The smallest absolute Gasteiger partial charge is 0.382 e. The summed E-state index contributed by atoms with van der Waals surface area (Å²) in [4.78, 5) is 0. The molecule has 0 saturated heterocycles. The molecule has 1 aromatic carbocycles. The summed E-state index contributed by atoms with van der Waals surface area (Å²) < 4.78 is 43.5. The molecular formula is C12H13ClF3NO. The Kier molecular flexibility index (Phi) is 3.73. The normalized spacial score (nSPS) is 23.6. The van der Waals surface area contributed by atoms with Gasteiger partial charge in [0.1, 0.15) is 0 Å². The molecule has 0 spiro atoms. The van der Waals surface area contributed by atoms with Gasteiger partial charge in [0.2, 0.25) is 0 Å². The fraction of sp³-hybridized carbons (Fsp3) is 0.500. The molecule has 1 N–H and O–H groups in total. The Morgan fingerprint density at radius 1 is 1.33 bits per heavy atom. The van der Waals surface area contributed by atoms with Crippen LogP contribution in [-0.2, 0) is 10.9 Å². The number of alkyl halides is 3. The maximum atomic E-state index is 12.8. The van der Waals surface area contributed by atoms with E-state index in [9.17, 15) is 13.2 Å². The first kappa shape index (κ1) is 13.5. The number of methoxy groups -OCH3 is 1. The molecule has 1 aliphatic rings. The van der Waals surface area contributed by atoms with Crippen molar-refractivity contribution in [2.45, 2.75) is 31.2 Å². The van der Waals surface area contributed by atoms with E-state index in [-0.39, 0.29) is 22.9 Å². The molecule has 1 fully saturated rings. The van der Waals surface area contributed by atoms with Crippen molar-refractivity contribution in [1.82, 2.24) is 0 Å². The van der Waals surface area contributed by atoms with E-state index in [0.717, 1.165) is 18.9 Å². The molecule has 2 nitrogen and oxygen atoms in total. The average molecular weight is 280 g/mol. The van der Waals surface area contributed by atoms with Gasteiger partial charge in [-0.25, -0.2) is 0 Å². The van der Waals surface area contributed by atoms with Crippen molar-refractivity contribution in [3.05, 3.63) is 28.8 Å². The van der Waals surface area contributed by atoms with Crippen LogP contribution in [0.3, 0.4) is 0 Å². The van der Waals surface area contributed by atoms with E-state index in [1.165, 1.54) is 12.1 Å². The third kappa shape index (κ3) is 2.90. The highest BCUT2D eigenvalue weighted by molar-refractivity contribution is 6.30. The molecule has 0 amide bonds. The second kappa shape index (κ2) is 4.97. The summed E-state index contributed by atoms with van der Waals surface area (Å²) in [5, 5.41) is 2.97. The van der Waals surface area contributed by atoms with Gasteiger partial charge in [0.25, 0.3) is 0 Å². The zero-order chi connectivity index (χ0) is 13.3. The van der Waals surface area contributed by atoms with E-state index < -0.39 is 11.7 Å². The van der Waals surface area contributed by atoms with Crippen molar-refractivity contribution in [3.8, 4) is 0 Å². The van der Waals surface area contributed by atoms with Crippen LogP contribution < -0.4 is 5.32 Å². The second-order valence-electron chi connectivity index (χ2n) is 4.36. The van der Waals surface area contributed by atoms with Crippen molar-refractivity contribution in [3.63, 3.8) is 0 Å². The predicted molar refractivity (Wildman–Crippen MR) is 63.9 cm³/mol. The number of rotatable bonds is 3.